The zero-order valence-corrected chi connectivity index (χ0v) is 13.6. The Morgan fingerprint density at radius 1 is 1.38 bits per heavy atom. The third kappa shape index (κ3) is 5.85. The minimum absolute atomic E-state index is 0.00925. The molecule has 1 rings (SSSR count). The van der Waals surface area contributed by atoms with Gasteiger partial charge in [-0.3, -0.25) is 9.59 Å². The third-order valence-electron chi connectivity index (χ3n) is 3.23. The van der Waals surface area contributed by atoms with Crippen LogP contribution in [0.4, 0.5) is 0 Å². The van der Waals surface area contributed by atoms with E-state index in [9.17, 15) is 14.7 Å². The first kappa shape index (κ1) is 17.7. The largest absolute Gasteiger partial charge is 0.393 e. The number of amides is 2. The maximum absolute atomic E-state index is 12.2. The summed E-state index contributed by atoms with van der Waals surface area (Å²) in [7, 11) is 0. The summed E-state index contributed by atoms with van der Waals surface area (Å²) in [5.41, 5.74) is 0. The highest BCUT2D eigenvalue weighted by atomic mass is 32.1. The van der Waals surface area contributed by atoms with Crippen LogP contribution in [-0.4, -0.2) is 35.6 Å². The topological polar surface area (TPSA) is 78.4 Å². The van der Waals surface area contributed by atoms with Gasteiger partial charge in [0.2, 0.25) is 5.91 Å². The average Bonchev–Trinajstić information content (AvgIpc) is 2.97. The Hall–Kier alpha value is -1.40. The SMILES string of the molecule is CCC(O)CCNC(=O)C(NC(=O)c1cccs1)C(C)C. The predicted octanol–water partition coefficient (Wildman–Crippen LogP) is 1.78. The first-order valence-electron chi connectivity index (χ1n) is 7.25. The van der Waals surface area contributed by atoms with Gasteiger partial charge in [0.05, 0.1) is 11.0 Å². The van der Waals surface area contributed by atoms with E-state index in [0.717, 1.165) is 0 Å². The quantitative estimate of drug-likeness (QED) is 0.684. The fraction of sp³-hybridized carbons (Fsp3) is 0.600. The second-order valence-corrected chi connectivity index (χ2v) is 6.26. The second-order valence-electron chi connectivity index (χ2n) is 5.31. The Bertz CT molecular complexity index is 446. The number of rotatable bonds is 8. The minimum atomic E-state index is -0.571. The molecule has 21 heavy (non-hydrogen) atoms. The Kier molecular flexibility index (Phi) is 7.39. The number of carbonyl (C=O) groups excluding carboxylic acids is 2. The fourth-order valence-corrected chi connectivity index (χ4v) is 2.46. The molecule has 0 radical (unpaired) electrons. The molecule has 0 aromatic carbocycles. The standard InChI is InChI=1S/C15H24N2O3S/c1-4-11(18)7-8-16-15(20)13(10(2)3)17-14(19)12-6-5-9-21-12/h5-6,9-11,13,18H,4,7-8H2,1-3H3,(H,16,20)(H,17,19). The predicted molar refractivity (Wildman–Crippen MR) is 84.3 cm³/mol. The molecule has 0 spiro atoms. The molecule has 0 aliphatic rings. The van der Waals surface area contributed by atoms with E-state index < -0.39 is 12.1 Å². The number of hydrogen-bond donors (Lipinski definition) is 3. The molecule has 118 valence electrons. The van der Waals surface area contributed by atoms with Crippen LogP contribution in [0.25, 0.3) is 0 Å². The Morgan fingerprint density at radius 3 is 2.62 bits per heavy atom. The van der Waals surface area contributed by atoms with Crippen LogP contribution in [0.15, 0.2) is 17.5 Å². The van der Waals surface area contributed by atoms with Crippen LogP contribution in [-0.2, 0) is 4.79 Å². The number of aliphatic hydroxyl groups is 1. The summed E-state index contributed by atoms with van der Waals surface area (Å²) < 4.78 is 0. The lowest BCUT2D eigenvalue weighted by Gasteiger charge is -2.21. The Morgan fingerprint density at radius 2 is 2.10 bits per heavy atom. The minimum Gasteiger partial charge on any atom is -0.393 e. The number of thiophene rings is 1. The van der Waals surface area contributed by atoms with Crippen LogP contribution >= 0.6 is 11.3 Å². The van der Waals surface area contributed by atoms with E-state index >= 15 is 0 Å². The lowest BCUT2D eigenvalue weighted by Crippen LogP contribution is -2.50. The molecule has 0 saturated carbocycles. The van der Waals surface area contributed by atoms with Crippen LogP contribution < -0.4 is 10.6 Å². The smallest absolute Gasteiger partial charge is 0.262 e. The van der Waals surface area contributed by atoms with Gasteiger partial charge in [-0.2, -0.15) is 0 Å². The summed E-state index contributed by atoms with van der Waals surface area (Å²) in [6.07, 6.45) is 0.786. The maximum atomic E-state index is 12.2. The molecule has 0 aliphatic carbocycles. The molecule has 6 heteroatoms. The van der Waals surface area contributed by atoms with Crippen molar-refractivity contribution in [1.82, 2.24) is 10.6 Å². The second kappa shape index (κ2) is 8.79. The lowest BCUT2D eigenvalue weighted by atomic mass is 10.0. The van der Waals surface area contributed by atoms with Crippen molar-refractivity contribution in [3.05, 3.63) is 22.4 Å². The summed E-state index contributed by atoms with van der Waals surface area (Å²) >= 11 is 1.34. The van der Waals surface area contributed by atoms with Crippen molar-refractivity contribution in [2.75, 3.05) is 6.54 Å². The van der Waals surface area contributed by atoms with Crippen molar-refractivity contribution in [3.8, 4) is 0 Å². The van der Waals surface area contributed by atoms with Gasteiger partial charge >= 0.3 is 0 Å². The third-order valence-corrected chi connectivity index (χ3v) is 4.10. The van der Waals surface area contributed by atoms with Crippen LogP contribution in [0, 0.1) is 5.92 Å². The zero-order valence-electron chi connectivity index (χ0n) is 12.8. The van der Waals surface area contributed by atoms with Gasteiger partial charge in [-0.05, 0) is 30.2 Å². The summed E-state index contributed by atoms with van der Waals surface area (Å²) in [6.45, 7) is 6.08. The lowest BCUT2D eigenvalue weighted by molar-refractivity contribution is -0.124. The molecule has 2 atom stereocenters. The first-order chi connectivity index (χ1) is 9.95. The van der Waals surface area contributed by atoms with Gasteiger partial charge in [0.25, 0.3) is 5.91 Å². The first-order valence-corrected chi connectivity index (χ1v) is 8.13. The average molecular weight is 312 g/mol. The van der Waals surface area contributed by atoms with Crippen molar-refractivity contribution in [2.24, 2.45) is 5.92 Å². The molecule has 0 aliphatic heterocycles. The van der Waals surface area contributed by atoms with E-state index in [1.807, 2.05) is 26.2 Å². The van der Waals surface area contributed by atoms with E-state index in [0.29, 0.717) is 24.3 Å². The van der Waals surface area contributed by atoms with Crippen LogP contribution in [0.5, 0.6) is 0 Å². The van der Waals surface area contributed by atoms with Crippen molar-refractivity contribution in [3.63, 3.8) is 0 Å². The zero-order chi connectivity index (χ0) is 15.8. The molecule has 2 unspecified atom stereocenters. The molecule has 0 saturated heterocycles. The number of aliphatic hydroxyl groups excluding tert-OH is 1. The van der Waals surface area contributed by atoms with Crippen LogP contribution in [0.1, 0.15) is 43.3 Å². The molecule has 1 aromatic heterocycles. The van der Waals surface area contributed by atoms with Crippen molar-refractivity contribution in [2.45, 2.75) is 45.8 Å². The van der Waals surface area contributed by atoms with E-state index in [1.165, 1.54) is 11.3 Å². The Balaban J connectivity index is 2.52. The number of carbonyl (C=O) groups is 2. The van der Waals surface area contributed by atoms with Gasteiger partial charge in [0.1, 0.15) is 6.04 Å². The van der Waals surface area contributed by atoms with E-state index in [1.54, 1.807) is 12.1 Å². The normalized spacial score (nSPS) is 13.8. The molecule has 5 nitrogen and oxygen atoms in total. The summed E-state index contributed by atoms with van der Waals surface area (Å²) in [5, 5.41) is 16.8. The van der Waals surface area contributed by atoms with Crippen LogP contribution in [0.2, 0.25) is 0 Å². The monoisotopic (exact) mass is 312 g/mol. The van der Waals surface area contributed by atoms with E-state index in [2.05, 4.69) is 10.6 Å². The summed E-state index contributed by atoms with van der Waals surface area (Å²) in [4.78, 5) is 24.8. The van der Waals surface area contributed by atoms with Gasteiger partial charge in [0.15, 0.2) is 0 Å². The maximum Gasteiger partial charge on any atom is 0.262 e. The summed E-state index contributed by atoms with van der Waals surface area (Å²) in [6, 6.07) is 2.96. The van der Waals surface area contributed by atoms with Crippen molar-refractivity contribution < 1.29 is 14.7 Å². The van der Waals surface area contributed by atoms with Crippen molar-refractivity contribution >= 4 is 23.2 Å². The molecular formula is C15H24N2O3S. The van der Waals surface area contributed by atoms with Crippen LogP contribution in [0.3, 0.4) is 0 Å². The molecule has 1 heterocycles. The van der Waals surface area contributed by atoms with Gasteiger partial charge in [-0.15, -0.1) is 11.3 Å². The molecule has 0 fully saturated rings. The Labute approximate surface area is 129 Å². The van der Waals surface area contributed by atoms with E-state index in [4.69, 9.17) is 0 Å². The highest BCUT2D eigenvalue weighted by Gasteiger charge is 2.24. The van der Waals surface area contributed by atoms with Gasteiger partial charge in [-0.25, -0.2) is 0 Å². The van der Waals surface area contributed by atoms with Crippen molar-refractivity contribution in [1.29, 1.82) is 0 Å². The highest BCUT2D eigenvalue weighted by Crippen LogP contribution is 2.10. The fourth-order valence-electron chi connectivity index (χ4n) is 1.83. The molecule has 3 N–H and O–H groups in total. The van der Waals surface area contributed by atoms with Gasteiger partial charge in [-0.1, -0.05) is 26.8 Å². The molecule has 2 amide bonds. The van der Waals surface area contributed by atoms with E-state index in [-0.39, 0.29) is 17.7 Å². The van der Waals surface area contributed by atoms with Gasteiger partial charge < -0.3 is 15.7 Å². The molecular weight excluding hydrogens is 288 g/mol. The van der Waals surface area contributed by atoms with Gasteiger partial charge in [0, 0.05) is 6.54 Å². The highest BCUT2D eigenvalue weighted by molar-refractivity contribution is 7.12. The summed E-state index contributed by atoms with van der Waals surface area (Å²) in [5.74, 6) is -0.448. The number of hydrogen-bond acceptors (Lipinski definition) is 4. The molecule has 1 aromatic rings. The molecule has 0 bridgehead atoms. The number of nitrogens with one attached hydrogen (secondary N) is 2.